The highest BCUT2D eigenvalue weighted by molar-refractivity contribution is 5.96. The molecule has 1 N–H and O–H groups in total. The van der Waals surface area contributed by atoms with Gasteiger partial charge in [-0.3, -0.25) is 24.7 Å². The van der Waals surface area contributed by atoms with Gasteiger partial charge in [0.2, 0.25) is 5.91 Å². The number of amides is 1. The predicted octanol–water partition coefficient (Wildman–Crippen LogP) is 2.04. The van der Waals surface area contributed by atoms with Crippen molar-refractivity contribution in [3.8, 4) is 5.75 Å². The summed E-state index contributed by atoms with van der Waals surface area (Å²) in [5, 5.41) is 17.9. The summed E-state index contributed by atoms with van der Waals surface area (Å²) in [5.74, 6) is 0.909. The minimum Gasteiger partial charge on any atom is -0.496 e. The van der Waals surface area contributed by atoms with Crippen LogP contribution in [0.3, 0.4) is 0 Å². The van der Waals surface area contributed by atoms with E-state index in [0.717, 1.165) is 24.5 Å². The van der Waals surface area contributed by atoms with Crippen LogP contribution in [0.1, 0.15) is 18.4 Å². The van der Waals surface area contributed by atoms with E-state index in [2.05, 4.69) is 20.3 Å². The van der Waals surface area contributed by atoms with Gasteiger partial charge in [0.15, 0.2) is 5.76 Å². The zero-order valence-electron chi connectivity index (χ0n) is 16.8. The molecule has 3 rings (SSSR count). The fourth-order valence-electron chi connectivity index (χ4n) is 3.32. The van der Waals surface area contributed by atoms with Crippen molar-refractivity contribution in [2.75, 3.05) is 38.6 Å². The molecule has 1 saturated heterocycles. The lowest BCUT2D eigenvalue weighted by atomic mass is 10.2. The van der Waals surface area contributed by atoms with E-state index in [4.69, 9.17) is 9.26 Å². The number of benzene rings is 1. The van der Waals surface area contributed by atoms with E-state index in [-0.39, 0.29) is 17.3 Å². The molecule has 29 heavy (non-hydrogen) atoms. The third-order valence-electron chi connectivity index (χ3n) is 5.05. The van der Waals surface area contributed by atoms with Gasteiger partial charge in [0, 0.05) is 32.2 Å². The Bertz CT molecular complexity index is 876. The molecular weight excluding hydrogens is 378 g/mol. The van der Waals surface area contributed by atoms with Gasteiger partial charge in [-0.25, -0.2) is 0 Å². The minimum absolute atomic E-state index is 0.159. The molecule has 1 aliphatic heterocycles. The number of piperazine rings is 1. The lowest BCUT2D eigenvalue weighted by Gasteiger charge is -2.36. The Kier molecular flexibility index (Phi) is 6.45. The second kappa shape index (κ2) is 9.01. The average molecular weight is 403 g/mol. The molecule has 2 aromatic rings. The van der Waals surface area contributed by atoms with E-state index in [0.29, 0.717) is 25.4 Å². The lowest BCUT2D eigenvalue weighted by molar-refractivity contribution is -0.384. The third kappa shape index (κ3) is 5.09. The van der Waals surface area contributed by atoms with Crippen molar-refractivity contribution in [3.63, 3.8) is 0 Å². The SMILES string of the molecule is COc1ccc(NC(=O)[C@@H](C)N2CCN(Cc3cc(C)no3)CC2)c([N+](=O)[O-])c1. The van der Waals surface area contributed by atoms with Gasteiger partial charge in [0.05, 0.1) is 36.4 Å². The largest absolute Gasteiger partial charge is 0.496 e. The van der Waals surface area contributed by atoms with Crippen molar-refractivity contribution < 1.29 is 19.0 Å². The van der Waals surface area contributed by atoms with E-state index >= 15 is 0 Å². The van der Waals surface area contributed by atoms with Gasteiger partial charge in [-0.05, 0) is 26.0 Å². The first-order valence-electron chi connectivity index (χ1n) is 9.39. The molecule has 1 aliphatic rings. The monoisotopic (exact) mass is 403 g/mol. The highest BCUT2D eigenvalue weighted by Crippen LogP contribution is 2.29. The summed E-state index contributed by atoms with van der Waals surface area (Å²) >= 11 is 0. The maximum atomic E-state index is 12.7. The number of nitro benzene ring substituents is 1. The molecule has 1 aromatic heterocycles. The summed E-state index contributed by atoms with van der Waals surface area (Å²) in [6, 6.07) is 5.87. The zero-order valence-corrected chi connectivity index (χ0v) is 16.8. The van der Waals surface area contributed by atoms with E-state index in [1.54, 1.807) is 13.0 Å². The van der Waals surface area contributed by atoms with Crippen molar-refractivity contribution in [3.05, 3.63) is 45.8 Å². The molecule has 0 radical (unpaired) electrons. The van der Waals surface area contributed by atoms with E-state index in [9.17, 15) is 14.9 Å². The van der Waals surface area contributed by atoms with Gasteiger partial charge < -0.3 is 14.6 Å². The Morgan fingerprint density at radius 1 is 1.34 bits per heavy atom. The summed E-state index contributed by atoms with van der Waals surface area (Å²) in [7, 11) is 1.43. The molecule has 1 amide bonds. The first-order chi connectivity index (χ1) is 13.9. The third-order valence-corrected chi connectivity index (χ3v) is 5.05. The topological polar surface area (TPSA) is 114 Å². The number of nitrogens with one attached hydrogen (secondary N) is 1. The fraction of sp³-hybridized carbons (Fsp3) is 0.474. The van der Waals surface area contributed by atoms with Gasteiger partial charge in [-0.2, -0.15) is 0 Å². The second-order valence-corrected chi connectivity index (χ2v) is 7.05. The first-order valence-corrected chi connectivity index (χ1v) is 9.39. The van der Waals surface area contributed by atoms with E-state index in [1.807, 2.05) is 13.0 Å². The molecule has 0 aliphatic carbocycles. The van der Waals surface area contributed by atoms with Crippen LogP contribution in [0.2, 0.25) is 0 Å². The number of rotatable bonds is 7. The first kappa shape index (κ1) is 20.7. The molecular formula is C19H25N5O5. The number of carbonyl (C=O) groups excluding carboxylic acids is 1. The summed E-state index contributed by atoms with van der Waals surface area (Å²) in [6.07, 6.45) is 0. The van der Waals surface area contributed by atoms with Crippen molar-refractivity contribution >= 4 is 17.3 Å². The van der Waals surface area contributed by atoms with Crippen molar-refractivity contribution in [1.82, 2.24) is 15.0 Å². The number of hydrogen-bond acceptors (Lipinski definition) is 8. The van der Waals surface area contributed by atoms with Crippen LogP contribution in [0.15, 0.2) is 28.8 Å². The number of hydrogen-bond donors (Lipinski definition) is 1. The predicted molar refractivity (Wildman–Crippen MR) is 106 cm³/mol. The number of carbonyl (C=O) groups is 1. The molecule has 2 heterocycles. The average Bonchev–Trinajstić information content (AvgIpc) is 3.12. The fourth-order valence-corrected chi connectivity index (χ4v) is 3.32. The molecule has 0 saturated carbocycles. The number of ether oxygens (including phenoxy) is 1. The van der Waals surface area contributed by atoms with Crippen LogP contribution in [0.25, 0.3) is 0 Å². The molecule has 10 nitrogen and oxygen atoms in total. The molecule has 10 heteroatoms. The number of nitro groups is 1. The zero-order chi connectivity index (χ0) is 21.0. The second-order valence-electron chi connectivity index (χ2n) is 7.05. The van der Waals surface area contributed by atoms with Gasteiger partial charge in [0.25, 0.3) is 5.69 Å². The van der Waals surface area contributed by atoms with Crippen LogP contribution in [0, 0.1) is 17.0 Å². The van der Waals surface area contributed by atoms with E-state index < -0.39 is 11.0 Å². The molecule has 156 valence electrons. The van der Waals surface area contributed by atoms with Gasteiger partial charge in [-0.1, -0.05) is 5.16 Å². The Balaban J connectivity index is 1.56. The van der Waals surface area contributed by atoms with Crippen LogP contribution >= 0.6 is 0 Å². The number of aromatic nitrogens is 1. The van der Waals surface area contributed by atoms with E-state index in [1.165, 1.54) is 19.2 Å². The van der Waals surface area contributed by atoms with Gasteiger partial charge in [0.1, 0.15) is 11.4 Å². The quantitative estimate of drug-likeness (QED) is 0.552. The van der Waals surface area contributed by atoms with Crippen LogP contribution in [0.5, 0.6) is 5.75 Å². The van der Waals surface area contributed by atoms with Crippen molar-refractivity contribution in [1.29, 1.82) is 0 Å². The Hall–Kier alpha value is -2.98. The van der Waals surface area contributed by atoms with Crippen LogP contribution < -0.4 is 10.1 Å². The molecule has 0 bridgehead atoms. The Morgan fingerprint density at radius 3 is 2.66 bits per heavy atom. The number of anilines is 1. The maximum Gasteiger partial charge on any atom is 0.296 e. The summed E-state index contributed by atoms with van der Waals surface area (Å²) in [4.78, 5) is 27.7. The van der Waals surface area contributed by atoms with Crippen LogP contribution in [-0.2, 0) is 11.3 Å². The number of methoxy groups -OCH3 is 1. The highest BCUT2D eigenvalue weighted by Gasteiger charge is 2.27. The van der Waals surface area contributed by atoms with Gasteiger partial charge in [-0.15, -0.1) is 0 Å². The maximum absolute atomic E-state index is 12.7. The van der Waals surface area contributed by atoms with Crippen LogP contribution in [0.4, 0.5) is 11.4 Å². The Labute approximate surface area is 168 Å². The number of aryl methyl sites for hydroxylation is 1. The number of nitrogens with zero attached hydrogens (tertiary/aromatic N) is 4. The summed E-state index contributed by atoms with van der Waals surface area (Å²) in [6.45, 7) is 7.39. The molecule has 1 aromatic carbocycles. The normalized spacial score (nSPS) is 16.4. The highest BCUT2D eigenvalue weighted by atomic mass is 16.6. The summed E-state index contributed by atoms with van der Waals surface area (Å²) in [5.41, 5.74) is 0.820. The summed E-state index contributed by atoms with van der Waals surface area (Å²) < 4.78 is 10.3. The lowest BCUT2D eigenvalue weighted by Crippen LogP contribution is -2.52. The van der Waals surface area contributed by atoms with Gasteiger partial charge >= 0.3 is 0 Å². The minimum atomic E-state index is -0.535. The smallest absolute Gasteiger partial charge is 0.296 e. The molecule has 1 atom stereocenters. The van der Waals surface area contributed by atoms with Crippen molar-refractivity contribution in [2.24, 2.45) is 0 Å². The van der Waals surface area contributed by atoms with Crippen LogP contribution in [-0.4, -0.2) is 65.1 Å². The standard InChI is InChI=1S/C19H25N5O5/c1-13-10-16(29-21-13)12-22-6-8-23(9-7-22)14(2)19(25)20-17-5-4-15(28-3)11-18(17)24(26)27/h4-5,10-11,14H,6-9,12H2,1-3H3,(H,20,25)/t14-/m1/s1. The molecule has 0 unspecified atom stereocenters. The van der Waals surface area contributed by atoms with Crippen molar-refractivity contribution in [2.45, 2.75) is 26.4 Å². The molecule has 0 spiro atoms. The Morgan fingerprint density at radius 2 is 2.07 bits per heavy atom. The molecule has 1 fully saturated rings.